The van der Waals surface area contributed by atoms with Gasteiger partial charge in [-0.15, -0.1) is 0 Å². The minimum atomic E-state index is -0.465. The Morgan fingerprint density at radius 2 is 2.36 bits per heavy atom. The van der Waals surface area contributed by atoms with Gasteiger partial charge in [0.25, 0.3) is 0 Å². The summed E-state index contributed by atoms with van der Waals surface area (Å²) in [6, 6.07) is 0.327. The molecule has 4 nitrogen and oxygen atoms in total. The van der Waals surface area contributed by atoms with Gasteiger partial charge >= 0.3 is 0 Å². The lowest BCUT2D eigenvalue weighted by molar-refractivity contribution is 0.167. The monoisotopic (exact) mass is 193 g/mol. The molecule has 14 heavy (non-hydrogen) atoms. The van der Waals surface area contributed by atoms with Gasteiger partial charge in [-0.2, -0.15) is 0 Å². The molecule has 1 aliphatic rings. The van der Waals surface area contributed by atoms with Crippen LogP contribution in [0, 0.1) is 0 Å². The topological polar surface area (TPSA) is 50.4 Å². The number of aliphatic hydroxyl groups is 1. The van der Waals surface area contributed by atoms with Crippen LogP contribution in [-0.4, -0.2) is 20.9 Å². The third-order valence-corrected chi connectivity index (χ3v) is 2.45. The van der Waals surface area contributed by atoms with Crippen LogP contribution < -0.4 is 0 Å². The van der Waals surface area contributed by atoms with E-state index in [1.54, 1.807) is 6.33 Å². The second-order valence-electron chi connectivity index (χ2n) is 3.86. The number of fused-ring (bicyclic) bond motifs is 1. The van der Waals surface area contributed by atoms with E-state index in [2.05, 4.69) is 23.8 Å². The molecule has 1 aliphatic heterocycles. The summed E-state index contributed by atoms with van der Waals surface area (Å²) in [6.45, 7) is 4.16. The molecule has 1 N–H and O–H groups in total. The number of aliphatic hydroxyl groups excluding tert-OH is 1. The van der Waals surface area contributed by atoms with Crippen LogP contribution in [0.4, 0.5) is 5.82 Å². The molecule has 2 heterocycles. The van der Waals surface area contributed by atoms with Crippen LogP contribution in [0.5, 0.6) is 0 Å². The van der Waals surface area contributed by atoms with Gasteiger partial charge in [-0.1, -0.05) is 0 Å². The van der Waals surface area contributed by atoms with E-state index in [0.29, 0.717) is 18.2 Å². The minimum absolute atomic E-state index is 0.327. The quantitative estimate of drug-likeness (QED) is 0.741. The Kier molecular flexibility index (Phi) is 2.37. The van der Waals surface area contributed by atoms with Crippen molar-refractivity contribution in [2.75, 3.05) is 0 Å². The molecule has 1 aromatic rings. The van der Waals surface area contributed by atoms with Gasteiger partial charge in [-0.05, 0) is 26.7 Å². The molecule has 1 atom stereocenters. The predicted molar refractivity (Wildman–Crippen MR) is 55.0 cm³/mol. The van der Waals surface area contributed by atoms with Crippen molar-refractivity contribution in [2.45, 2.75) is 38.8 Å². The van der Waals surface area contributed by atoms with E-state index in [1.165, 1.54) is 0 Å². The van der Waals surface area contributed by atoms with Crippen LogP contribution in [0.2, 0.25) is 0 Å². The fourth-order valence-corrected chi connectivity index (χ4v) is 1.64. The van der Waals surface area contributed by atoms with Gasteiger partial charge in [-0.3, -0.25) is 0 Å². The zero-order valence-electron chi connectivity index (χ0n) is 8.51. The predicted octanol–water partition coefficient (Wildman–Crippen LogP) is 1.99. The largest absolute Gasteiger partial charge is 0.387 e. The maximum absolute atomic E-state index is 9.78. The van der Waals surface area contributed by atoms with Crippen LogP contribution in [-0.2, 0) is 0 Å². The van der Waals surface area contributed by atoms with Crippen LogP contribution >= 0.6 is 0 Å². The second-order valence-corrected chi connectivity index (χ2v) is 3.86. The molecular formula is C10H15N3O. The highest BCUT2D eigenvalue weighted by molar-refractivity contribution is 5.64. The number of hydrogen-bond acceptors (Lipinski definition) is 3. The molecule has 0 fully saturated rings. The molecule has 4 heteroatoms. The standard InChI is InChI=1S/C10H15N3O/c1-7(2)13-6-12-9-8(14)4-3-5-11-10(9)13/h5-8,14H,3-4H2,1-2H3/t8-/m1/s1. The summed E-state index contributed by atoms with van der Waals surface area (Å²) in [6.07, 6.45) is 4.67. The molecular weight excluding hydrogens is 178 g/mol. The molecule has 0 spiro atoms. The first-order chi connectivity index (χ1) is 6.70. The molecule has 2 rings (SSSR count). The fourth-order valence-electron chi connectivity index (χ4n) is 1.64. The maximum Gasteiger partial charge on any atom is 0.158 e. The normalized spacial score (nSPS) is 21.0. The van der Waals surface area contributed by atoms with E-state index in [-0.39, 0.29) is 0 Å². The first-order valence-corrected chi connectivity index (χ1v) is 4.97. The third kappa shape index (κ3) is 1.46. The van der Waals surface area contributed by atoms with Gasteiger partial charge in [-0.25, -0.2) is 9.98 Å². The average Bonchev–Trinajstić information content (AvgIpc) is 2.48. The summed E-state index contributed by atoms with van der Waals surface area (Å²) in [5, 5.41) is 9.78. The third-order valence-electron chi connectivity index (χ3n) is 2.45. The molecule has 0 saturated heterocycles. The van der Waals surface area contributed by atoms with Crippen molar-refractivity contribution in [1.82, 2.24) is 9.55 Å². The number of aliphatic imine (C=N–C) groups is 1. The Balaban J connectivity index is 2.48. The zero-order chi connectivity index (χ0) is 10.1. The lowest BCUT2D eigenvalue weighted by Crippen LogP contribution is -1.99. The maximum atomic E-state index is 9.78. The summed E-state index contributed by atoms with van der Waals surface area (Å²) in [7, 11) is 0. The van der Waals surface area contributed by atoms with Gasteiger partial charge in [0.15, 0.2) is 5.82 Å². The van der Waals surface area contributed by atoms with Gasteiger partial charge < -0.3 is 9.67 Å². The number of aromatic nitrogens is 2. The van der Waals surface area contributed by atoms with E-state index in [4.69, 9.17) is 0 Å². The van der Waals surface area contributed by atoms with Crippen molar-refractivity contribution in [3.8, 4) is 0 Å². The molecule has 0 aliphatic carbocycles. The molecule has 0 unspecified atom stereocenters. The SMILES string of the molecule is CC(C)n1cnc2c1N=CCC[C@H]2O. The Morgan fingerprint density at radius 3 is 3.07 bits per heavy atom. The molecule has 0 radical (unpaired) electrons. The number of imidazole rings is 1. The lowest BCUT2D eigenvalue weighted by Gasteiger charge is -2.09. The van der Waals surface area contributed by atoms with E-state index >= 15 is 0 Å². The molecule has 0 amide bonds. The highest BCUT2D eigenvalue weighted by atomic mass is 16.3. The number of hydrogen-bond donors (Lipinski definition) is 1. The van der Waals surface area contributed by atoms with Crippen molar-refractivity contribution < 1.29 is 5.11 Å². The van der Waals surface area contributed by atoms with Gasteiger partial charge in [0, 0.05) is 12.3 Å². The van der Waals surface area contributed by atoms with Crippen molar-refractivity contribution in [1.29, 1.82) is 0 Å². The van der Waals surface area contributed by atoms with Crippen molar-refractivity contribution in [2.24, 2.45) is 4.99 Å². The highest BCUT2D eigenvalue weighted by Crippen LogP contribution is 2.31. The summed E-state index contributed by atoms with van der Waals surface area (Å²) >= 11 is 0. The van der Waals surface area contributed by atoms with Crippen LogP contribution in [0.25, 0.3) is 0 Å². The van der Waals surface area contributed by atoms with Crippen LogP contribution in [0.1, 0.15) is 44.5 Å². The molecule has 0 aromatic carbocycles. The van der Waals surface area contributed by atoms with Crippen molar-refractivity contribution in [3.05, 3.63) is 12.0 Å². The van der Waals surface area contributed by atoms with E-state index in [0.717, 1.165) is 12.2 Å². The van der Waals surface area contributed by atoms with Crippen molar-refractivity contribution in [3.63, 3.8) is 0 Å². The molecule has 0 saturated carbocycles. The van der Waals surface area contributed by atoms with E-state index in [9.17, 15) is 5.11 Å². The molecule has 1 aromatic heterocycles. The Labute approximate surface area is 83.3 Å². The number of rotatable bonds is 1. The minimum Gasteiger partial charge on any atom is -0.387 e. The Morgan fingerprint density at radius 1 is 1.57 bits per heavy atom. The van der Waals surface area contributed by atoms with Crippen LogP contribution in [0.15, 0.2) is 11.3 Å². The summed E-state index contributed by atoms with van der Waals surface area (Å²) in [5.74, 6) is 0.810. The summed E-state index contributed by atoms with van der Waals surface area (Å²) in [5.41, 5.74) is 0.715. The summed E-state index contributed by atoms with van der Waals surface area (Å²) < 4.78 is 1.99. The highest BCUT2D eigenvalue weighted by Gasteiger charge is 2.20. The Bertz CT molecular complexity index is 354. The molecule has 0 bridgehead atoms. The summed E-state index contributed by atoms with van der Waals surface area (Å²) in [4.78, 5) is 8.55. The van der Waals surface area contributed by atoms with E-state index < -0.39 is 6.10 Å². The second kappa shape index (κ2) is 3.53. The first-order valence-electron chi connectivity index (χ1n) is 4.97. The molecule has 76 valence electrons. The lowest BCUT2D eigenvalue weighted by atomic mass is 10.1. The van der Waals surface area contributed by atoms with Gasteiger partial charge in [0.05, 0.1) is 6.33 Å². The van der Waals surface area contributed by atoms with Gasteiger partial charge in [0.2, 0.25) is 0 Å². The smallest absolute Gasteiger partial charge is 0.158 e. The zero-order valence-corrected chi connectivity index (χ0v) is 8.51. The number of nitrogens with zero attached hydrogens (tertiary/aromatic N) is 3. The Hall–Kier alpha value is -1.16. The first kappa shape index (κ1) is 9.40. The fraction of sp³-hybridized carbons (Fsp3) is 0.600. The van der Waals surface area contributed by atoms with Crippen LogP contribution in [0.3, 0.4) is 0 Å². The van der Waals surface area contributed by atoms with Crippen molar-refractivity contribution >= 4 is 12.0 Å². The average molecular weight is 193 g/mol. The van der Waals surface area contributed by atoms with Gasteiger partial charge in [0.1, 0.15) is 11.8 Å². The van der Waals surface area contributed by atoms with E-state index in [1.807, 2.05) is 10.8 Å².